The molecule has 1 radical (unpaired) electrons. The minimum Gasteiger partial charge on any atom is -0.487 e. The molecule has 0 atom stereocenters. The lowest BCUT2D eigenvalue weighted by Crippen LogP contribution is -1.97. The molecule has 4 heteroatoms. The summed E-state index contributed by atoms with van der Waals surface area (Å²) in [5, 5.41) is 4.32. The molecule has 4 nitrogen and oxygen atoms in total. The zero-order chi connectivity index (χ0) is 14.3. The molecule has 1 aromatic carbocycles. The molecule has 3 rings (SSSR count). The lowest BCUT2D eigenvalue weighted by molar-refractivity contribution is 0.305. The summed E-state index contributed by atoms with van der Waals surface area (Å²) in [6, 6.07) is 19.3. The van der Waals surface area contributed by atoms with Gasteiger partial charge in [0.05, 0.1) is 6.20 Å². The molecule has 0 N–H and O–H groups in total. The van der Waals surface area contributed by atoms with E-state index in [9.17, 15) is 0 Å². The fourth-order valence-electron chi connectivity index (χ4n) is 1.80. The first-order chi connectivity index (χ1) is 10.4. The summed E-state index contributed by atoms with van der Waals surface area (Å²) in [4.78, 5) is 8.39. The van der Waals surface area contributed by atoms with Crippen LogP contribution in [0.25, 0.3) is 0 Å². The van der Waals surface area contributed by atoms with E-state index in [1.54, 1.807) is 12.4 Å². The van der Waals surface area contributed by atoms with E-state index in [1.165, 1.54) is 0 Å². The SMILES string of the molecule is c1ccc(COc2ccc([N]c3ccccn3)nc2)cc1. The van der Waals surface area contributed by atoms with Crippen molar-refractivity contribution in [2.24, 2.45) is 0 Å². The topological polar surface area (TPSA) is 49.1 Å². The Balaban J connectivity index is 1.59. The average molecular weight is 276 g/mol. The van der Waals surface area contributed by atoms with Crippen molar-refractivity contribution in [1.29, 1.82) is 0 Å². The summed E-state index contributed by atoms with van der Waals surface area (Å²) >= 11 is 0. The Hall–Kier alpha value is -2.88. The minimum atomic E-state index is 0.527. The summed E-state index contributed by atoms with van der Waals surface area (Å²) in [5.74, 6) is 1.97. The normalized spacial score (nSPS) is 10.1. The molecule has 2 aromatic heterocycles. The van der Waals surface area contributed by atoms with E-state index in [0.29, 0.717) is 18.2 Å². The maximum absolute atomic E-state index is 5.68. The predicted octanol–water partition coefficient (Wildman–Crippen LogP) is 3.62. The van der Waals surface area contributed by atoms with Gasteiger partial charge in [-0.15, -0.1) is 0 Å². The number of rotatable bonds is 5. The lowest BCUT2D eigenvalue weighted by atomic mass is 10.2. The molecule has 0 aliphatic heterocycles. The quantitative estimate of drug-likeness (QED) is 0.715. The fourth-order valence-corrected chi connectivity index (χ4v) is 1.80. The lowest BCUT2D eigenvalue weighted by Gasteiger charge is -2.06. The highest BCUT2D eigenvalue weighted by molar-refractivity contribution is 5.40. The van der Waals surface area contributed by atoms with Crippen molar-refractivity contribution in [2.45, 2.75) is 6.61 Å². The van der Waals surface area contributed by atoms with Gasteiger partial charge in [0, 0.05) is 6.20 Å². The zero-order valence-electron chi connectivity index (χ0n) is 11.4. The van der Waals surface area contributed by atoms with Gasteiger partial charge in [-0.25, -0.2) is 15.3 Å². The molecule has 0 saturated heterocycles. The van der Waals surface area contributed by atoms with Crippen molar-refractivity contribution in [2.75, 3.05) is 0 Å². The fraction of sp³-hybridized carbons (Fsp3) is 0.0588. The van der Waals surface area contributed by atoms with Crippen LogP contribution in [0.1, 0.15) is 5.56 Å². The summed E-state index contributed by atoms with van der Waals surface area (Å²) in [6.07, 6.45) is 3.38. The third-order valence-corrected chi connectivity index (χ3v) is 2.85. The second-order valence-electron chi connectivity index (χ2n) is 4.43. The zero-order valence-corrected chi connectivity index (χ0v) is 11.4. The molecule has 3 aromatic rings. The van der Waals surface area contributed by atoms with Gasteiger partial charge in [0.25, 0.3) is 0 Å². The highest BCUT2D eigenvalue weighted by Crippen LogP contribution is 2.16. The Morgan fingerprint density at radius 3 is 2.33 bits per heavy atom. The van der Waals surface area contributed by atoms with Crippen LogP contribution in [-0.4, -0.2) is 9.97 Å². The van der Waals surface area contributed by atoms with E-state index in [2.05, 4.69) is 15.3 Å². The van der Waals surface area contributed by atoms with Crippen LogP contribution in [0.5, 0.6) is 5.75 Å². The number of hydrogen-bond acceptors (Lipinski definition) is 3. The first-order valence-corrected chi connectivity index (χ1v) is 6.66. The smallest absolute Gasteiger partial charge is 0.154 e. The first-order valence-electron chi connectivity index (χ1n) is 6.66. The molecule has 0 saturated carbocycles. The molecule has 0 unspecified atom stereocenters. The molecule has 0 bridgehead atoms. The predicted molar refractivity (Wildman–Crippen MR) is 80.7 cm³/mol. The van der Waals surface area contributed by atoms with Crippen LogP contribution in [0, 0.1) is 0 Å². The van der Waals surface area contributed by atoms with Crippen molar-refractivity contribution in [3.63, 3.8) is 0 Å². The molecular weight excluding hydrogens is 262 g/mol. The highest BCUT2D eigenvalue weighted by atomic mass is 16.5. The van der Waals surface area contributed by atoms with Gasteiger partial charge in [0.15, 0.2) is 11.6 Å². The number of ether oxygens (including phenoxy) is 1. The van der Waals surface area contributed by atoms with Crippen molar-refractivity contribution in [1.82, 2.24) is 15.3 Å². The Morgan fingerprint density at radius 1 is 0.810 bits per heavy atom. The van der Waals surface area contributed by atoms with Crippen molar-refractivity contribution in [3.8, 4) is 5.75 Å². The van der Waals surface area contributed by atoms with Gasteiger partial charge in [-0.2, -0.15) is 0 Å². The maximum atomic E-state index is 5.68. The number of hydrogen-bond donors (Lipinski definition) is 0. The van der Waals surface area contributed by atoms with E-state index in [0.717, 1.165) is 11.3 Å². The molecule has 0 aliphatic rings. The monoisotopic (exact) mass is 276 g/mol. The first kappa shape index (κ1) is 13.1. The average Bonchev–Trinajstić information content (AvgIpc) is 2.56. The molecule has 21 heavy (non-hydrogen) atoms. The molecule has 0 amide bonds. The Labute approximate surface area is 123 Å². The van der Waals surface area contributed by atoms with Gasteiger partial charge in [0.2, 0.25) is 0 Å². The third-order valence-electron chi connectivity index (χ3n) is 2.85. The van der Waals surface area contributed by atoms with E-state index in [4.69, 9.17) is 4.74 Å². The summed E-state index contributed by atoms with van der Waals surface area (Å²) in [7, 11) is 0. The summed E-state index contributed by atoms with van der Waals surface area (Å²) < 4.78 is 5.68. The molecule has 0 spiro atoms. The number of pyridine rings is 2. The van der Waals surface area contributed by atoms with E-state index >= 15 is 0 Å². The van der Waals surface area contributed by atoms with Gasteiger partial charge in [0.1, 0.15) is 12.4 Å². The van der Waals surface area contributed by atoms with Gasteiger partial charge in [-0.05, 0) is 29.8 Å². The number of nitrogens with zero attached hydrogens (tertiary/aromatic N) is 3. The molecule has 103 valence electrons. The second kappa shape index (κ2) is 6.52. The van der Waals surface area contributed by atoms with Crippen molar-refractivity contribution in [3.05, 3.63) is 78.6 Å². The highest BCUT2D eigenvalue weighted by Gasteiger charge is 2.01. The van der Waals surface area contributed by atoms with Gasteiger partial charge in [-0.1, -0.05) is 36.4 Å². The van der Waals surface area contributed by atoms with E-state index in [1.807, 2.05) is 60.7 Å². The molecular formula is C17H14N3O. The van der Waals surface area contributed by atoms with Crippen LogP contribution >= 0.6 is 0 Å². The summed E-state index contributed by atoms with van der Waals surface area (Å²) in [5.41, 5.74) is 1.12. The van der Waals surface area contributed by atoms with Crippen LogP contribution < -0.4 is 10.1 Å². The Kier molecular flexibility index (Phi) is 4.07. The number of aromatic nitrogens is 2. The Bertz CT molecular complexity index is 669. The van der Waals surface area contributed by atoms with Crippen molar-refractivity contribution < 1.29 is 4.74 Å². The third kappa shape index (κ3) is 3.79. The standard InChI is InChI=1S/C17H14N3O/c1-2-6-14(7-3-1)13-21-15-9-10-17(19-12-15)20-16-8-4-5-11-18-16/h1-12H,13H2. The van der Waals surface area contributed by atoms with Crippen LogP contribution in [-0.2, 0) is 6.61 Å². The van der Waals surface area contributed by atoms with Crippen LogP contribution in [0.4, 0.5) is 11.6 Å². The van der Waals surface area contributed by atoms with Gasteiger partial charge >= 0.3 is 0 Å². The van der Waals surface area contributed by atoms with E-state index in [-0.39, 0.29) is 0 Å². The Morgan fingerprint density at radius 2 is 1.62 bits per heavy atom. The van der Waals surface area contributed by atoms with E-state index < -0.39 is 0 Å². The molecule has 0 aliphatic carbocycles. The largest absolute Gasteiger partial charge is 0.487 e. The second-order valence-corrected chi connectivity index (χ2v) is 4.43. The van der Waals surface area contributed by atoms with Crippen LogP contribution in [0.3, 0.4) is 0 Å². The molecule has 0 fully saturated rings. The van der Waals surface area contributed by atoms with Gasteiger partial charge in [-0.3, -0.25) is 0 Å². The number of benzene rings is 1. The van der Waals surface area contributed by atoms with Gasteiger partial charge < -0.3 is 4.74 Å². The molecule has 2 heterocycles. The van der Waals surface area contributed by atoms with Crippen molar-refractivity contribution >= 4 is 11.6 Å². The van der Waals surface area contributed by atoms with Crippen LogP contribution in [0.15, 0.2) is 73.1 Å². The van der Waals surface area contributed by atoms with Crippen LogP contribution in [0.2, 0.25) is 0 Å². The maximum Gasteiger partial charge on any atom is 0.154 e. The minimum absolute atomic E-state index is 0.527. The summed E-state index contributed by atoms with van der Waals surface area (Å²) in [6.45, 7) is 0.527.